The number of carbonyl (C=O) groups is 2. The number of ketones is 1. The van der Waals surface area contributed by atoms with Crippen molar-refractivity contribution < 1.29 is 14.3 Å². The van der Waals surface area contributed by atoms with Gasteiger partial charge in [-0.1, -0.05) is 30.0 Å². The molecule has 0 fully saturated rings. The van der Waals surface area contributed by atoms with Gasteiger partial charge in [-0.2, -0.15) is 0 Å². The second kappa shape index (κ2) is 7.28. The summed E-state index contributed by atoms with van der Waals surface area (Å²) in [7, 11) is 0. The summed E-state index contributed by atoms with van der Waals surface area (Å²) in [4.78, 5) is 24.8. The molecule has 0 N–H and O–H groups in total. The van der Waals surface area contributed by atoms with Gasteiger partial charge in [0.15, 0.2) is 5.78 Å². The van der Waals surface area contributed by atoms with Crippen LogP contribution in [0.25, 0.3) is 0 Å². The highest BCUT2D eigenvalue weighted by Crippen LogP contribution is 2.20. The Bertz CT molecular complexity index is 677. The molecule has 1 heterocycles. The number of hydrogen-bond donors (Lipinski definition) is 0. The maximum atomic E-state index is 11.8. The van der Waals surface area contributed by atoms with Crippen molar-refractivity contribution in [1.29, 1.82) is 0 Å². The molecule has 1 aliphatic rings. The third-order valence-corrected chi connectivity index (χ3v) is 3.08. The van der Waals surface area contributed by atoms with E-state index >= 15 is 0 Å². The predicted molar refractivity (Wildman–Crippen MR) is 83.6 cm³/mol. The zero-order valence-electron chi connectivity index (χ0n) is 12.6. The van der Waals surface area contributed by atoms with Crippen molar-refractivity contribution in [1.82, 2.24) is 4.90 Å². The van der Waals surface area contributed by atoms with Gasteiger partial charge in [-0.05, 0) is 32.1 Å². The Morgan fingerprint density at radius 1 is 1.27 bits per heavy atom. The molecule has 1 amide bonds. The van der Waals surface area contributed by atoms with E-state index in [0.717, 1.165) is 5.56 Å². The number of rotatable bonds is 2. The van der Waals surface area contributed by atoms with Crippen LogP contribution in [-0.2, 0) is 9.53 Å². The monoisotopic (exact) mass is 295 g/mol. The lowest BCUT2D eigenvalue weighted by Crippen LogP contribution is -2.26. The van der Waals surface area contributed by atoms with Gasteiger partial charge in [0.25, 0.3) is 0 Å². The highest BCUT2D eigenvalue weighted by Gasteiger charge is 2.22. The van der Waals surface area contributed by atoms with E-state index in [2.05, 4.69) is 11.8 Å². The lowest BCUT2D eigenvalue weighted by Gasteiger charge is -2.21. The molecule has 0 saturated carbocycles. The molecule has 22 heavy (non-hydrogen) atoms. The molecule has 0 aliphatic carbocycles. The number of benzene rings is 1. The summed E-state index contributed by atoms with van der Waals surface area (Å²) in [6, 6.07) is 9.54. The minimum absolute atomic E-state index is 0.119. The van der Waals surface area contributed by atoms with Crippen LogP contribution in [0, 0.1) is 17.8 Å². The zero-order chi connectivity index (χ0) is 15.9. The molecular weight excluding hydrogens is 278 g/mol. The minimum Gasteiger partial charge on any atom is -0.449 e. The normalized spacial score (nSPS) is 16.4. The third kappa shape index (κ3) is 3.86. The second-order valence-electron chi connectivity index (χ2n) is 4.70. The first-order chi connectivity index (χ1) is 10.6. The quantitative estimate of drug-likeness (QED) is 0.788. The van der Waals surface area contributed by atoms with Gasteiger partial charge in [0.1, 0.15) is 0 Å². The van der Waals surface area contributed by atoms with Crippen molar-refractivity contribution in [2.75, 3.05) is 6.61 Å². The molecule has 0 radical (unpaired) electrons. The minimum atomic E-state index is -0.507. The Balaban J connectivity index is 2.22. The van der Waals surface area contributed by atoms with E-state index in [-0.39, 0.29) is 18.3 Å². The van der Waals surface area contributed by atoms with Crippen molar-refractivity contribution in [2.45, 2.75) is 13.8 Å². The standard InChI is InChI=1S/C18H17NO3/c1-3-22-18(21)19-12-11-16(17(13-19)14(2)20)10-9-15-7-5-4-6-8-15/h4-8,11-13,16H,3H2,1-2H3. The molecule has 1 aliphatic heterocycles. The second-order valence-corrected chi connectivity index (χ2v) is 4.70. The van der Waals surface area contributed by atoms with E-state index in [1.807, 2.05) is 30.3 Å². The molecule has 112 valence electrons. The van der Waals surface area contributed by atoms with Crippen molar-refractivity contribution in [2.24, 2.45) is 5.92 Å². The van der Waals surface area contributed by atoms with E-state index < -0.39 is 6.09 Å². The number of hydrogen-bond acceptors (Lipinski definition) is 3. The first-order valence-corrected chi connectivity index (χ1v) is 7.04. The first-order valence-electron chi connectivity index (χ1n) is 7.04. The summed E-state index contributed by atoms with van der Waals surface area (Å²) in [5.41, 5.74) is 1.35. The van der Waals surface area contributed by atoms with Crippen LogP contribution in [0.5, 0.6) is 0 Å². The van der Waals surface area contributed by atoms with Crippen molar-refractivity contribution >= 4 is 11.9 Å². The predicted octanol–water partition coefficient (Wildman–Crippen LogP) is 3.11. The Hall–Kier alpha value is -2.80. The summed E-state index contributed by atoms with van der Waals surface area (Å²) in [5.74, 6) is 5.65. The molecule has 4 heteroatoms. The molecule has 0 spiro atoms. The SMILES string of the molecule is CCOC(=O)N1C=CC(C#Cc2ccccc2)C(C(C)=O)=C1. The first kappa shape index (κ1) is 15.6. The van der Waals surface area contributed by atoms with Gasteiger partial charge in [-0.3, -0.25) is 9.69 Å². The van der Waals surface area contributed by atoms with Crippen LogP contribution in [0.2, 0.25) is 0 Å². The van der Waals surface area contributed by atoms with Gasteiger partial charge in [0, 0.05) is 23.5 Å². The number of allylic oxidation sites excluding steroid dienone is 2. The molecule has 4 nitrogen and oxygen atoms in total. The Morgan fingerprint density at radius 2 is 2.00 bits per heavy atom. The van der Waals surface area contributed by atoms with E-state index in [9.17, 15) is 9.59 Å². The smallest absolute Gasteiger partial charge is 0.417 e. The Kier molecular flexibility index (Phi) is 5.16. The molecule has 0 aromatic heterocycles. The summed E-state index contributed by atoms with van der Waals surface area (Å²) in [6.45, 7) is 3.48. The molecule has 1 aromatic rings. The Morgan fingerprint density at radius 3 is 2.64 bits per heavy atom. The topological polar surface area (TPSA) is 46.6 Å². The average molecular weight is 295 g/mol. The van der Waals surface area contributed by atoms with Crippen LogP contribution in [0.15, 0.2) is 54.4 Å². The highest BCUT2D eigenvalue weighted by atomic mass is 16.5. The van der Waals surface area contributed by atoms with Crippen molar-refractivity contribution in [3.63, 3.8) is 0 Å². The average Bonchev–Trinajstić information content (AvgIpc) is 2.54. The lowest BCUT2D eigenvalue weighted by atomic mass is 9.95. The summed E-state index contributed by atoms with van der Waals surface area (Å²) in [5, 5.41) is 0. The molecule has 0 saturated heterocycles. The fourth-order valence-electron chi connectivity index (χ4n) is 1.99. The van der Waals surface area contributed by atoms with Gasteiger partial charge < -0.3 is 4.74 Å². The number of Topliss-reactive ketones (excluding diaryl/α,β-unsaturated/α-hetero) is 1. The van der Waals surface area contributed by atoms with Gasteiger partial charge in [0.2, 0.25) is 0 Å². The number of nitrogens with zero attached hydrogens (tertiary/aromatic N) is 1. The van der Waals surface area contributed by atoms with Gasteiger partial charge in [-0.25, -0.2) is 4.79 Å². The third-order valence-electron chi connectivity index (χ3n) is 3.08. The zero-order valence-corrected chi connectivity index (χ0v) is 12.6. The van der Waals surface area contributed by atoms with Crippen LogP contribution in [-0.4, -0.2) is 23.4 Å². The van der Waals surface area contributed by atoms with E-state index in [4.69, 9.17) is 4.74 Å². The molecular formula is C18H17NO3. The lowest BCUT2D eigenvalue weighted by molar-refractivity contribution is -0.113. The summed E-state index contributed by atoms with van der Waals surface area (Å²) < 4.78 is 4.92. The summed E-state index contributed by atoms with van der Waals surface area (Å²) in [6.07, 6.45) is 4.29. The summed E-state index contributed by atoms with van der Waals surface area (Å²) >= 11 is 0. The molecule has 1 atom stereocenters. The van der Waals surface area contributed by atoms with Crippen LogP contribution in [0.3, 0.4) is 0 Å². The molecule has 0 bridgehead atoms. The van der Waals surface area contributed by atoms with Crippen LogP contribution in [0.4, 0.5) is 4.79 Å². The maximum Gasteiger partial charge on any atom is 0.417 e. The maximum absolute atomic E-state index is 11.8. The van der Waals surface area contributed by atoms with Crippen molar-refractivity contribution in [3.05, 3.63) is 59.9 Å². The van der Waals surface area contributed by atoms with Gasteiger partial charge in [-0.15, -0.1) is 0 Å². The van der Waals surface area contributed by atoms with Crippen molar-refractivity contribution in [3.8, 4) is 11.8 Å². The van der Waals surface area contributed by atoms with Gasteiger partial charge >= 0.3 is 6.09 Å². The van der Waals surface area contributed by atoms with Crippen LogP contribution in [0.1, 0.15) is 19.4 Å². The number of ether oxygens (including phenoxy) is 1. The van der Waals surface area contributed by atoms with Crippen LogP contribution < -0.4 is 0 Å². The van der Waals surface area contributed by atoms with Gasteiger partial charge in [0.05, 0.1) is 12.5 Å². The fraction of sp³-hybridized carbons (Fsp3) is 0.222. The van der Waals surface area contributed by atoms with E-state index in [0.29, 0.717) is 5.57 Å². The largest absolute Gasteiger partial charge is 0.449 e. The molecule has 1 aromatic carbocycles. The highest BCUT2D eigenvalue weighted by molar-refractivity contribution is 5.95. The fourth-order valence-corrected chi connectivity index (χ4v) is 1.99. The molecule has 2 rings (SSSR count). The number of amides is 1. The van der Waals surface area contributed by atoms with E-state index in [1.54, 1.807) is 19.2 Å². The Labute approximate surface area is 130 Å². The number of carbonyl (C=O) groups excluding carboxylic acids is 2. The van der Waals surface area contributed by atoms with E-state index in [1.165, 1.54) is 18.0 Å². The molecule has 1 unspecified atom stereocenters. The van der Waals surface area contributed by atoms with Crippen LogP contribution >= 0.6 is 0 Å².